The molecule has 0 radical (unpaired) electrons. The Morgan fingerprint density at radius 2 is 2.06 bits per heavy atom. The van der Waals surface area contributed by atoms with E-state index < -0.39 is 23.6 Å². The molecule has 0 bridgehead atoms. The number of halogens is 3. The molecule has 3 nitrogen and oxygen atoms in total. The zero-order chi connectivity index (χ0) is 13.0. The van der Waals surface area contributed by atoms with Crippen molar-refractivity contribution in [1.29, 1.82) is 0 Å². The van der Waals surface area contributed by atoms with E-state index in [-0.39, 0.29) is 17.2 Å². The molecule has 17 heavy (non-hydrogen) atoms. The summed E-state index contributed by atoms with van der Waals surface area (Å²) in [6, 6.07) is 1.04. The van der Waals surface area contributed by atoms with Crippen molar-refractivity contribution < 1.29 is 18.7 Å². The number of aliphatic hydroxyl groups excluding tert-OH is 1. The van der Waals surface area contributed by atoms with Crippen molar-refractivity contribution in [2.45, 2.75) is 19.4 Å². The number of hydrogen-bond donors (Lipinski definition) is 2. The summed E-state index contributed by atoms with van der Waals surface area (Å²) in [4.78, 5) is 11.7. The summed E-state index contributed by atoms with van der Waals surface area (Å²) >= 11 is 5.64. The van der Waals surface area contributed by atoms with E-state index in [2.05, 4.69) is 5.32 Å². The molecule has 0 fully saturated rings. The number of nitrogens with one attached hydrogen (secondary N) is 1. The van der Waals surface area contributed by atoms with Crippen LogP contribution in [0.4, 0.5) is 8.78 Å². The Labute approximate surface area is 102 Å². The van der Waals surface area contributed by atoms with Crippen LogP contribution in [0.3, 0.4) is 0 Å². The summed E-state index contributed by atoms with van der Waals surface area (Å²) in [6.07, 6.45) is 0.517. The van der Waals surface area contributed by atoms with E-state index in [0.29, 0.717) is 6.42 Å². The standard InChI is InChI=1S/C11H12ClF2NO2/c1-2-6(5-16)15-11(17)7-3-9(13)10(14)4-8(7)12/h3-4,6,16H,2,5H2,1H3,(H,15,17)/t6-/m0/s1. The molecule has 0 heterocycles. The van der Waals surface area contributed by atoms with Crippen LogP contribution in [0.25, 0.3) is 0 Å². The average molecular weight is 264 g/mol. The molecule has 0 aliphatic carbocycles. The molecule has 1 atom stereocenters. The largest absolute Gasteiger partial charge is 0.394 e. The molecular weight excluding hydrogens is 252 g/mol. The highest BCUT2D eigenvalue weighted by Crippen LogP contribution is 2.20. The van der Waals surface area contributed by atoms with Crippen LogP contribution in [0.2, 0.25) is 5.02 Å². The molecule has 0 unspecified atom stereocenters. The number of aliphatic hydroxyl groups is 1. The van der Waals surface area contributed by atoms with E-state index in [1.807, 2.05) is 0 Å². The van der Waals surface area contributed by atoms with Gasteiger partial charge in [-0.1, -0.05) is 18.5 Å². The van der Waals surface area contributed by atoms with Crippen molar-refractivity contribution in [1.82, 2.24) is 5.32 Å². The number of carbonyl (C=O) groups excluding carboxylic acids is 1. The summed E-state index contributed by atoms with van der Waals surface area (Å²) in [6.45, 7) is 1.54. The van der Waals surface area contributed by atoms with Gasteiger partial charge in [0, 0.05) is 0 Å². The Morgan fingerprint density at radius 3 is 2.59 bits per heavy atom. The molecule has 6 heteroatoms. The molecule has 2 N–H and O–H groups in total. The van der Waals surface area contributed by atoms with E-state index in [0.717, 1.165) is 12.1 Å². The van der Waals surface area contributed by atoms with Gasteiger partial charge in [-0.15, -0.1) is 0 Å². The van der Waals surface area contributed by atoms with Crippen LogP contribution in [0.5, 0.6) is 0 Å². The Bertz CT molecular complexity index is 422. The molecule has 1 amide bonds. The Kier molecular flexibility index (Phi) is 4.84. The number of amides is 1. The monoisotopic (exact) mass is 263 g/mol. The number of rotatable bonds is 4. The summed E-state index contributed by atoms with van der Waals surface area (Å²) in [5.74, 6) is -2.90. The predicted octanol–water partition coefficient (Wildman–Crippen LogP) is 2.12. The van der Waals surface area contributed by atoms with E-state index >= 15 is 0 Å². The van der Waals surface area contributed by atoms with Gasteiger partial charge in [-0.2, -0.15) is 0 Å². The molecule has 1 rings (SSSR count). The minimum Gasteiger partial charge on any atom is -0.394 e. The lowest BCUT2D eigenvalue weighted by Crippen LogP contribution is -2.37. The van der Waals surface area contributed by atoms with Crippen molar-refractivity contribution in [3.8, 4) is 0 Å². The van der Waals surface area contributed by atoms with Gasteiger partial charge in [0.1, 0.15) is 0 Å². The topological polar surface area (TPSA) is 49.3 Å². The van der Waals surface area contributed by atoms with Gasteiger partial charge < -0.3 is 10.4 Å². The highest BCUT2D eigenvalue weighted by molar-refractivity contribution is 6.33. The van der Waals surface area contributed by atoms with Crippen molar-refractivity contribution in [3.05, 3.63) is 34.4 Å². The third-order valence-electron chi connectivity index (χ3n) is 2.30. The fourth-order valence-corrected chi connectivity index (χ4v) is 1.47. The Morgan fingerprint density at radius 1 is 1.47 bits per heavy atom. The summed E-state index contributed by atoms with van der Waals surface area (Å²) in [5.41, 5.74) is -0.155. The molecule has 0 saturated heterocycles. The first-order valence-corrected chi connectivity index (χ1v) is 5.43. The van der Waals surface area contributed by atoms with Gasteiger partial charge in [0.15, 0.2) is 11.6 Å². The van der Waals surface area contributed by atoms with Crippen LogP contribution >= 0.6 is 11.6 Å². The Balaban J connectivity index is 2.93. The highest BCUT2D eigenvalue weighted by atomic mass is 35.5. The summed E-state index contributed by atoms with van der Waals surface area (Å²) in [5, 5.41) is 11.2. The Hall–Kier alpha value is -1.20. The van der Waals surface area contributed by atoms with Crippen LogP contribution in [0, 0.1) is 11.6 Å². The van der Waals surface area contributed by atoms with Gasteiger partial charge in [-0.25, -0.2) is 8.78 Å². The third kappa shape index (κ3) is 3.38. The van der Waals surface area contributed by atoms with Gasteiger partial charge in [0.2, 0.25) is 0 Å². The quantitative estimate of drug-likeness (QED) is 0.818. The van der Waals surface area contributed by atoms with Gasteiger partial charge >= 0.3 is 0 Å². The maximum absolute atomic E-state index is 13.0. The number of hydrogen-bond acceptors (Lipinski definition) is 2. The number of carbonyl (C=O) groups is 1. The first-order chi connectivity index (χ1) is 7.99. The predicted molar refractivity (Wildman–Crippen MR) is 60.0 cm³/mol. The molecule has 0 saturated carbocycles. The summed E-state index contributed by atoms with van der Waals surface area (Å²) in [7, 11) is 0. The highest BCUT2D eigenvalue weighted by Gasteiger charge is 2.17. The molecule has 1 aromatic rings. The molecular formula is C11H12ClF2NO2. The minimum atomic E-state index is -1.14. The normalized spacial score (nSPS) is 12.3. The zero-order valence-corrected chi connectivity index (χ0v) is 9.89. The molecule has 0 aliphatic heterocycles. The first-order valence-electron chi connectivity index (χ1n) is 5.05. The maximum Gasteiger partial charge on any atom is 0.253 e. The van der Waals surface area contributed by atoms with Gasteiger partial charge in [-0.05, 0) is 18.6 Å². The van der Waals surface area contributed by atoms with Crippen molar-refractivity contribution in [2.75, 3.05) is 6.61 Å². The van der Waals surface area contributed by atoms with Gasteiger partial charge in [-0.3, -0.25) is 4.79 Å². The molecule has 0 spiro atoms. The van der Waals surface area contributed by atoms with Crippen LogP contribution in [0.15, 0.2) is 12.1 Å². The summed E-state index contributed by atoms with van der Waals surface area (Å²) < 4.78 is 25.7. The molecule has 0 aliphatic rings. The van der Waals surface area contributed by atoms with Crippen LogP contribution in [-0.4, -0.2) is 23.7 Å². The number of benzene rings is 1. The molecule has 1 aromatic carbocycles. The van der Waals surface area contributed by atoms with E-state index in [1.165, 1.54) is 0 Å². The van der Waals surface area contributed by atoms with E-state index in [9.17, 15) is 13.6 Å². The fourth-order valence-electron chi connectivity index (χ4n) is 1.24. The first kappa shape index (κ1) is 13.9. The lowest BCUT2D eigenvalue weighted by molar-refractivity contribution is 0.0914. The lowest BCUT2D eigenvalue weighted by Gasteiger charge is -2.14. The van der Waals surface area contributed by atoms with Gasteiger partial charge in [0.25, 0.3) is 5.91 Å². The SMILES string of the molecule is CC[C@@H](CO)NC(=O)c1cc(F)c(F)cc1Cl. The zero-order valence-electron chi connectivity index (χ0n) is 9.14. The second-order valence-corrected chi connectivity index (χ2v) is 3.91. The maximum atomic E-state index is 13.0. The van der Waals surface area contributed by atoms with E-state index in [1.54, 1.807) is 6.92 Å². The second kappa shape index (κ2) is 5.93. The van der Waals surface area contributed by atoms with Crippen molar-refractivity contribution in [3.63, 3.8) is 0 Å². The molecule has 0 aromatic heterocycles. The fraction of sp³-hybridized carbons (Fsp3) is 0.364. The minimum absolute atomic E-state index is 0.155. The van der Waals surface area contributed by atoms with Gasteiger partial charge in [0.05, 0.1) is 23.2 Å². The van der Waals surface area contributed by atoms with E-state index in [4.69, 9.17) is 16.7 Å². The van der Waals surface area contributed by atoms with Crippen LogP contribution in [0.1, 0.15) is 23.7 Å². The third-order valence-corrected chi connectivity index (χ3v) is 2.62. The average Bonchev–Trinajstić information content (AvgIpc) is 2.30. The second-order valence-electron chi connectivity index (χ2n) is 3.51. The van der Waals surface area contributed by atoms with Crippen LogP contribution < -0.4 is 5.32 Å². The smallest absolute Gasteiger partial charge is 0.253 e. The lowest BCUT2D eigenvalue weighted by atomic mass is 10.1. The van der Waals surface area contributed by atoms with Crippen molar-refractivity contribution >= 4 is 17.5 Å². The molecule has 94 valence electrons. The van der Waals surface area contributed by atoms with Crippen molar-refractivity contribution in [2.24, 2.45) is 0 Å². The van der Waals surface area contributed by atoms with Crippen LogP contribution in [-0.2, 0) is 0 Å².